The van der Waals surface area contributed by atoms with Crippen molar-refractivity contribution < 1.29 is 22.7 Å². The van der Waals surface area contributed by atoms with E-state index in [2.05, 4.69) is 0 Å². The highest BCUT2D eigenvalue weighted by molar-refractivity contribution is 7.92. The Labute approximate surface area is 182 Å². The van der Waals surface area contributed by atoms with E-state index < -0.39 is 15.1 Å². The average molecular weight is 438 g/mol. The van der Waals surface area contributed by atoms with Gasteiger partial charge in [-0.1, -0.05) is 48.5 Å². The Kier molecular flexibility index (Phi) is 5.69. The van der Waals surface area contributed by atoms with Gasteiger partial charge in [-0.05, 0) is 35.4 Å². The largest absolute Gasteiger partial charge is 0.493 e. The van der Waals surface area contributed by atoms with Crippen LogP contribution in [0.15, 0.2) is 77.7 Å². The highest BCUT2D eigenvalue weighted by Gasteiger charge is 2.39. The lowest BCUT2D eigenvalue weighted by Gasteiger charge is -2.22. The summed E-state index contributed by atoms with van der Waals surface area (Å²) in [6.07, 6.45) is -0.167. The van der Waals surface area contributed by atoms with E-state index in [0.29, 0.717) is 29.3 Å². The number of ether oxygens (including phenoxy) is 2. The standard InChI is InChI=1S/C24H23NO5S/c1-29-20-13-12-18(14-21(20)30-2)23-15-24(26)25(16-17-8-4-3-5-9-17)19-10-6-7-11-22(19)31(23,27)28/h3-14,23H,15-16H2,1-2H3. The van der Waals surface area contributed by atoms with Crippen LogP contribution < -0.4 is 14.4 Å². The Morgan fingerprint density at radius 3 is 2.29 bits per heavy atom. The third kappa shape index (κ3) is 3.88. The molecule has 0 fully saturated rings. The molecule has 0 saturated heterocycles. The average Bonchev–Trinajstić information content (AvgIpc) is 2.88. The van der Waals surface area contributed by atoms with Crippen molar-refractivity contribution in [1.82, 2.24) is 0 Å². The van der Waals surface area contributed by atoms with Crippen LogP contribution in [0.3, 0.4) is 0 Å². The van der Waals surface area contributed by atoms with Gasteiger partial charge in [0.15, 0.2) is 21.3 Å². The fourth-order valence-corrected chi connectivity index (χ4v) is 5.79. The topological polar surface area (TPSA) is 72.9 Å². The lowest BCUT2D eigenvalue weighted by atomic mass is 10.1. The maximum atomic E-state index is 13.7. The molecule has 0 bridgehead atoms. The molecule has 0 saturated carbocycles. The minimum Gasteiger partial charge on any atom is -0.493 e. The molecule has 4 rings (SSSR count). The second-order valence-electron chi connectivity index (χ2n) is 7.29. The van der Waals surface area contributed by atoms with Gasteiger partial charge in [-0.15, -0.1) is 0 Å². The van der Waals surface area contributed by atoms with Gasteiger partial charge in [-0.2, -0.15) is 0 Å². The number of benzene rings is 3. The van der Waals surface area contributed by atoms with E-state index in [0.717, 1.165) is 5.56 Å². The molecule has 0 aliphatic carbocycles. The maximum absolute atomic E-state index is 13.7. The number of hydrogen-bond acceptors (Lipinski definition) is 5. The van der Waals surface area contributed by atoms with Crippen molar-refractivity contribution in [3.05, 3.63) is 83.9 Å². The molecule has 0 aromatic heterocycles. The van der Waals surface area contributed by atoms with E-state index in [1.54, 1.807) is 47.4 Å². The number of rotatable bonds is 5. The van der Waals surface area contributed by atoms with E-state index in [9.17, 15) is 13.2 Å². The van der Waals surface area contributed by atoms with Crippen molar-refractivity contribution in [2.24, 2.45) is 0 Å². The van der Waals surface area contributed by atoms with Crippen LogP contribution >= 0.6 is 0 Å². The highest BCUT2D eigenvalue weighted by atomic mass is 32.2. The summed E-state index contributed by atoms with van der Waals surface area (Å²) in [4.78, 5) is 15.0. The lowest BCUT2D eigenvalue weighted by Crippen LogP contribution is -2.30. The van der Waals surface area contributed by atoms with Gasteiger partial charge in [0.05, 0.1) is 36.6 Å². The first-order chi connectivity index (χ1) is 15.0. The third-order valence-corrected chi connectivity index (χ3v) is 7.61. The monoisotopic (exact) mass is 437 g/mol. The molecule has 1 atom stereocenters. The Hall–Kier alpha value is -3.32. The molecule has 6 nitrogen and oxygen atoms in total. The molecule has 160 valence electrons. The summed E-state index contributed by atoms with van der Waals surface area (Å²) in [6, 6.07) is 21.2. The van der Waals surface area contributed by atoms with Gasteiger partial charge in [0.1, 0.15) is 0 Å². The van der Waals surface area contributed by atoms with Crippen LogP contribution in [0.2, 0.25) is 0 Å². The van der Waals surface area contributed by atoms with Gasteiger partial charge in [-0.3, -0.25) is 4.79 Å². The molecule has 1 aliphatic rings. The van der Waals surface area contributed by atoms with E-state index in [1.807, 2.05) is 30.3 Å². The number of para-hydroxylation sites is 1. The highest BCUT2D eigenvalue weighted by Crippen LogP contribution is 2.42. The van der Waals surface area contributed by atoms with Gasteiger partial charge < -0.3 is 14.4 Å². The number of hydrogen-bond donors (Lipinski definition) is 0. The fourth-order valence-electron chi connectivity index (χ4n) is 3.88. The Morgan fingerprint density at radius 2 is 1.58 bits per heavy atom. The molecule has 0 spiro atoms. The summed E-state index contributed by atoms with van der Waals surface area (Å²) in [5.41, 5.74) is 1.81. The number of anilines is 1. The first-order valence-electron chi connectivity index (χ1n) is 9.85. The van der Waals surface area contributed by atoms with Crippen LogP contribution in [0, 0.1) is 0 Å². The van der Waals surface area contributed by atoms with E-state index in [-0.39, 0.29) is 17.2 Å². The quantitative estimate of drug-likeness (QED) is 0.599. The molecule has 3 aromatic carbocycles. The number of carbonyl (C=O) groups is 1. The molecule has 1 heterocycles. The number of methoxy groups -OCH3 is 2. The Morgan fingerprint density at radius 1 is 0.903 bits per heavy atom. The Bertz CT molecular complexity index is 1210. The second kappa shape index (κ2) is 8.43. The molecular formula is C24H23NO5S. The van der Waals surface area contributed by atoms with Crippen molar-refractivity contribution in [3.63, 3.8) is 0 Å². The van der Waals surface area contributed by atoms with Crippen molar-refractivity contribution in [3.8, 4) is 11.5 Å². The lowest BCUT2D eigenvalue weighted by molar-refractivity contribution is -0.118. The minimum absolute atomic E-state index is 0.150. The van der Waals surface area contributed by atoms with Gasteiger partial charge in [-0.25, -0.2) is 8.42 Å². The number of nitrogens with zero attached hydrogens (tertiary/aromatic N) is 1. The molecular weight excluding hydrogens is 414 g/mol. The first kappa shape index (κ1) is 20.9. The van der Waals surface area contributed by atoms with Crippen molar-refractivity contribution in [2.45, 2.75) is 23.1 Å². The molecule has 0 radical (unpaired) electrons. The second-order valence-corrected chi connectivity index (χ2v) is 9.38. The summed E-state index contributed by atoms with van der Waals surface area (Å²) < 4.78 is 38.0. The molecule has 1 amide bonds. The van der Waals surface area contributed by atoms with Gasteiger partial charge >= 0.3 is 0 Å². The predicted molar refractivity (Wildman–Crippen MR) is 118 cm³/mol. The predicted octanol–water partition coefficient (Wildman–Crippen LogP) is 4.16. The minimum atomic E-state index is -3.83. The zero-order valence-corrected chi connectivity index (χ0v) is 18.1. The number of carbonyl (C=O) groups excluding carboxylic acids is 1. The summed E-state index contributed by atoms with van der Waals surface area (Å²) in [5, 5.41) is -1.03. The SMILES string of the molecule is COc1ccc(C2CC(=O)N(Cc3ccccc3)c3ccccc3S2(=O)=O)cc1OC. The summed E-state index contributed by atoms with van der Waals surface area (Å²) >= 11 is 0. The van der Waals surface area contributed by atoms with Crippen LogP contribution in [-0.4, -0.2) is 28.5 Å². The van der Waals surface area contributed by atoms with Crippen LogP contribution in [0.1, 0.15) is 22.8 Å². The van der Waals surface area contributed by atoms with E-state index in [4.69, 9.17) is 9.47 Å². The Balaban J connectivity index is 1.83. The van der Waals surface area contributed by atoms with E-state index >= 15 is 0 Å². The molecule has 1 aliphatic heterocycles. The molecule has 3 aromatic rings. The summed E-state index contributed by atoms with van der Waals surface area (Å²) in [5.74, 6) is 0.660. The maximum Gasteiger partial charge on any atom is 0.229 e. The van der Waals surface area contributed by atoms with Crippen molar-refractivity contribution in [1.29, 1.82) is 0 Å². The zero-order chi connectivity index (χ0) is 22.0. The zero-order valence-electron chi connectivity index (χ0n) is 17.3. The van der Waals surface area contributed by atoms with Crippen LogP contribution in [-0.2, 0) is 21.2 Å². The van der Waals surface area contributed by atoms with Crippen LogP contribution in [0.5, 0.6) is 11.5 Å². The normalized spacial score (nSPS) is 17.5. The summed E-state index contributed by atoms with van der Waals surface area (Å²) in [6.45, 7) is 0.296. The molecule has 31 heavy (non-hydrogen) atoms. The van der Waals surface area contributed by atoms with Crippen LogP contribution in [0.25, 0.3) is 0 Å². The smallest absolute Gasteiger partial charge is 0.229 e. The first-order valence-corrected chi connectivity index (χ1v) is 11.4. The summed E-state index contributed by atoms with van der Waals surface area (Å²) in [7, 11) is -0.828. The van der Waals surface area contributed by atoms with Crippen molar-refractivity contribution >= 4 is 21.4 Å². The molecule has 1 unspecified atom stereocenters. The van der Waals surface area contributed by atoms with Crippen LogP contribution in [0.4, 0.5) is 5.69 Å². The fraction of sp³-hybridized carbons (Fsp3) is 0.208. The van der Waals surface area contributed by atoms with E-state index in [1.165, 1.54) is 14.2 Å². The van der Waals surface area contributed by atoms with Crippen molar-refractivity contribution in [2.75, 3.05) is 19.1 Å². The molecule has 7 heteroatoms. The number of sulfone groups is 1. The third-order valence-electron chi connectivity index (χ3n) is 5.46. The van der Waals surface area contributed by atoms with Gasteiger partial charge in [0.2, 0.25) is 5.91 Å². The van der Waals surface area contributed by atoms with Gasteiger partial charge in [0, 0.05) is 6.42 Å². The number of amides is 1. The number of fused-ring (bicyclic) bond motifs is 1. The molecule has 0 N–H and O–H groups in total. The van der Waals surface area contributed by atoms with Gasteiger partial charge in [0.25, 0.3) is 0 Å².